The molecule has 0 unspecified atom stereocenters. The van der Waals surface area contributed by atoms with Gasteiger partial charge < -0.3 is 0 Å². The number of rotatable bonds is 1. The molecule has 2 aromatic rings. The largest absolute Gasteiger partial charge is 0.298 e. The molecule has 0 aliphatic rings. The third kappa shape index (κ3) is 1.13. The van der Waals surface area contributed by atoms with E-state index in [2.05, 4.69) is 10.1 Å². The lowest BCUT2D eigenvalue weighted by molar-refractivity contribution is 0.753. The van der Waals surface area contributed by atoms with Crippen molar-refractivity contribution in [3.63, 3.8) is 0 Å². The molecule has 2 rings (SSSR count). The fourth-order valence-corrected chi connectivity index (χ4v) is 1.57. The minimum Gasteiger partial charge on any atom is -0.298 e. The molecule has 14 heavy (non-hydrogen) atoms. The summed E-state index contributed by atoms with van der Waals surface area (Å²) in [6, 6.07) is 0. The third-order valence-corrected chi connectivity index (χ3v) is 2.42. The molecule has 0 bridgehead atoms. The molecule has 0 amide bonds. The molecule has 0 aliphatic heterocycles. The van der Waals surface area contributed by atoms with Crippen LogP contribution in [0.2, 0.25) is 0 Å². The van der Waals surface area contributed by atoms with Gasteiger partial charge >= 0.3 is 0 Å². The Labute approximate surface area is 84.9 Å². The van der Waals surface area contributed by atoms with E-state index in [9.17, 15) is 4.79 Å². The lowest BCUT2D eigenvalue weighted by atomic mass is 10.4. The van der Waals surface area contributed by atoms with Gasteiger partial charge in [-0.1, -0.05) is 0 Å². The first kappa shape index (κ1) is 9.21. The van der Waals surface area contributed by atoms with Gasteiger partial charge in [0, 0.05) is 14.1 Å². The standard InChI is InChI=1S/C8H9ClN4O/c1-12-6(3-9)11-7-5(8(12)14)4-10-13(7)2/h4H,3H2,1-2H3. The van der Waals surface area contributed by atoms with Gasteiger partial charge in [0.1, 0.15) is 11.2 Å². The van der Waals surface area contributed by atoms with Crippen LogP contribution in [0, 0.1) is 0 Å². The molecule has 0 saturated heterocycles. The molecule has 0 radical (unpaired) electrons. The van der Waals surface area contributed by atoms with Gasteiger partial charge in [0.15, 0.2) is 5.65 Å². The number of nitrogens with zero attached hydrogens (tertiary/aromatic N) is 4. The minimum atomic E-state index is -0.112. The fraction of sp³-hybridized carbons (Fsp3) is 0.375. The monoisotopic (exact) mass is 212 g/mol. The van der Waals surface area contributed by atoms with Crippen LogP contribution in [0.1, 0.15) is 5.82 Å². The van der Waals surface area contributed by atoms with Crippen molar-refractivity contribution in [1.82, 2.24) is 19.3 Å². The van der Waals surface area contributed by atoms with E-state index in [4.69, 9.17) is 11.6 Å². The second-order valence-corrected chi connectivity index (χ2v) is 3.30. The van der Waals surface area contributed by atoms with Crippen molar-refractivity contribution >= 4 is 22.6 Å². The van der Waals surface area contributed by atoms with Crippen LogP contribution in [0.25, 0.3) is 11.0 Å². The quantitative estimate of drug-likeness (QED) is 0.644. The topological polar surface area (TPSA) is 52.7 Å². The maximum Gasteiger partial charge on any atom is 0.264 e. The van der Waals surface area contributed by atoms with Crippen LogP contribution in [0.5, 0.6) is 0 Å². The molecule has 0 aliphatic carbocycles. The van der Waals surface area contributed by atoms with Gasteiger partial charge in [-0.05, 0) is 0 Å². The van der Waals surface area contributed by atoms with Crippen LogP contribution in [-0.4, -0.2) is 19.3 Å². The molecule has 0 fully saturated rings. The molecule has 5 nitrogen and oxygen atoms in total. The van der Waals surface area contributed by atoms with E-state index in [-0.39, 0.29) is 11.4 Å². The lowest BCUT2D eigenvalue weighted by Gasteiger charge is -2.03. The van der Waals surface area contributed by atoms with Crippen molar-refractivity contribution in [2.75, 3.05) is 0 Å². The van der Waals surface area contributed by atoms with Crippen LogP contribution in [0.3, 0.4) is 0 Å². The van der Waals surface area contributed by atoms with Crippen LogP contribution < -0.4 is 5.56 Å². The van der Waals surface area contributed by atoms with Gasteiger partial charge in [-0.25, -0.2) is 4.98 Å². The summed E-state index contributed by atoms with van der Waals surface area (Å²) < 4.78 is 3.00. The Morgan fingerprint density at radius 1 is 1.50 bits per heavy atom. The van der Waals surface area contributed by atoms with Crippen LogP contribution in [0.4, 0.5) is 0 Å². The highest BCUT2D eigenvalue weighted by Gasteiger charge is 2.10. The van der Waals surface area contributed by atoms with Crippen LogP contribution >= 0.6 is 11.6 Å². The molecule has 6 heteroatoms. The van der Waals surface area contributed by atoms with E-state index < -0.39 is 0 Å². The number of alkyl halides is 1. The Kier molecular flexibility index (Phi) is 2.03. The molecule has 0 spiro atoms. The molecule has 2 heterocycles. The minimum absolute atomic E-state index is 0.112. The van der Waals surface area contributed by atoms with Crippen molar-refractivity contribution in [1.29, 1.82) is 0 Å². The van der Waals surface area contributed by atoms with E-state index >= 15 is 0 Å². The van der Waals surface area contributed by atoms with Gasteiger partial charge in [-0.15, -0.1) is 11.6 Å². The maximum absolute atomic E-state index is 11.7. The summed E-state index contributed by atoms with van der Waals surface area (Å²) in [6.45, 7) is 0. The average molecular weight is 213 g/mol. The summed E-state index contributed by atoms with van der Waals surface area (Å²) in [6.07, 6.45) is 1.52. The first-order valence-electron chi connectivity index (χ1n) is 4.08. The molecule has 0 atom stereocenters. The van der Waals surface area contributed by atoms with Crippen LogP contribution in [0.15, 0.2) is 11.0 Å². The number of aryl methyl sites for hydroxylation is 1. The van der Waals surface area contributed by atoms with E-state index in [1.165, 1.54) is 10.8 Å². The second-order valence-electron chi connectivity index (χ2n) is 3.03. The zero-order chi connectivity index (χ0) is 10.3. The Balaban J connectivity index is 2.95. The predicted molar refractivity (Wildman–Crippen MR) is 53.3 cm³/mol. The van der Waals surface area contributed by atoms with Crippen molar-refractivity contribution in [2.24, 2.45) is 14.1 Å². The lowest BCUT2D eigenvalue weighted by Crippen LogP contribution is -2.21. The summed E-state index contributed by atoms with van der Waals surface area (Å²) in [4.78, 5) is 16.0. The Morgan fingerprint density at radius 3 is 2.86 bits per heavy atom. The zero-order valence-electron chi connectivity index (χ0n) is 7.86. The molecule has 0 saturated carbocycles. The van der Waals surface area contributed by atoms with Gasteiger partial charge in [-0.2, -0.15) is 5.10 Å². The second kappa shape index (κ2) is 3.09. The Bertz CT molecular complexity index is 542. The van der Waals surface area contributed by atoms with E-state index in [0.29, 0.717) is 16.9 Å². The highest BCUT2D eigenvalue weighted by atomic mass is 35.5. The molecular formula is C8H9ClN4O. The summed E-state index contributed by atoms with van der Waals surface area (Å²) >= 11 is 5.67. The third-order valence-electron chi connectivity index (χ3n) is 2.18. The molecule has 0 N–H and O–H groups in total. The molecule has 0 aromatic carbocycles. The number of hydrogen-bond donors (Lipinski definition) is 0. The normalized spacial score (nSPS) is 11.1. The van der Waals surface area contributed by atoms with Crippen molar-refractivity contribution in [3.8, 4) is 0 Å². The smallest absolute Gasteiger partial charge is 0.264 e. The zero-order valence-corrected chi connectivity index (χ0v) is 8.62. The average Bonchev–Trinajstić information content (AvgIpc) is 2.54. The van der Waals surface area contributed by atoms with Crippen molar-refractivity contribution in [3.05, 3.63) is 22.4 Å². The van der Waals surface area contributed by atoms with Gasteiger partial charge in [0.25, 0.3) is 5.56 Å². The van der Waals surface area contributed by atoms with Gasteiger partial charge in [0.2, 0.25) is 0 Å². The molecule has 2 aromatic heterocycles. The first-order chi connectivity index (χ1) is 6.65. The summed E-state index contributed by atoms with van der Waals surface area (Å²) in [7, 11) is 3.40. The van der Waals surface area contributed by atoms with Crippen molar-refractivity contribution in [2.45, 2.75) is 5.88 Å². The number of aromatic nitrogens is 4. The summed E-state index contributed by atoms with van der Waals surface area (Å²) in [5.41, 5.74) is 0.461. The summed E-state index contributed by atoms with van der Waals surface area (Å²) in [5, 5.41) is 4.49. The number of halogens is 1. The van der Waals surface area contributed by atoms with E-state index in [1.54, 1.807) is 18.8 Å². The number of fused-ring (bicyclic) bond motifs is 1. The SMILES string of the molecule is Cn1c(CCl)nc2c(cnn2C)c1=O. The van der Waals surface area contributed by atoms with Gasteiger partial charge in [0.05, 0.1) is 12.1 Å². The Hall–Kier alpha value is -1.36. The van der Waals surface area contributed by atoms with Crippen LogP contribution in [-0.2, 0) is 20.0 Å². The fourth-order valence-electron chi connectivity index (χ4n) is 1.33. The number of hydrogen-bond acceptors (Lipinski definition) is 3. The van der Waals surface area contributed by atoms with E-state index in [1.807, 2.05) is 0 Å². The maximum atomic E-state index is 11.7. The summed E-state index contributed by atoms with van der Waals surface area (Å²) in [5.74, 6) is 0.764. The predicted octanol–water partition coefficient (Wildman–Crippen LogP) is 0.406. The Morgan fingerprint density at radius 2 is 2.21 bits per heavy atom. The molecule has 74 valence electrons. The van der Waals surface area contributed by atoms with Crippen molar-refractivity contribution < 1.29 is 0 Å². The molecular weight excluding hydrogens is 204 g/mol. The van der Waals surface area contributed by atoms with Gasteiger partial charge in [-0.3, -0.25) is 14.0 Å². The first-order valence-corrected chi connectivity index (χ1v) is 4.62. The highest BCUT2D eigenvalue weighted by Crippen LogP contribution is 2.06. The highest BCUT2D eigenvalue weighted by molar-refractivity contribution is 6.16. The van der Waals surface area contributed by atoms with E-state index in [0.717, 1.165) is 0 Å².